The average Bonchev–Trinajstić information content (AvgIpc) is 2.29. The van der Waals surface area contributed by atoms with E-state index >= 15 is 0 Å². The second-order valence-electron chi connectivity index (χ2n) is 3.77. The Balaban J connectivity index is 0.00000180. The van der Waals surface area contributed by atoms with Gasteiger partial charge in [-0.1, -0.05) is 24.3 Å². The normalized spacial score (nSPS) is 10.3. The van der Waals surface area contributed by atoms with Gasteiger partial charge in [-0.05, 0) is 17.7 Å². The van der Waals surface area contributed by atoms with E-state index in [-0.39, 0.29) is 64.3 Å². The summed E-state index contributed by atoms with van der Waals surface area (Å²) in [4.78, 5) is 0. The molecule has 1 radical (unpaired) electrons. The van der Waals surface area contributed by atoms with E-state index in [2.05, 4.69) is 6.07 Å². The van der Waals surface area contributed by atoms with Crippen molar-refractivity contribution in [2.24, 2.45) is 0 Å². The smallest absolute Gasteiger partial charge is 0.157 e. The molecule has 0 aliphatic heterocycles. The van der Waals surface area contributed by atoms with Gasteiger partial charge < -0.3 is 20.4 Å². The van der Waals surface area contributed by atoms with E-state index in [1.165, 1.54) is 24.3 Å². The molecule has 0 saturated carbocycles. The number of aromatic hydroxyl groups is 4. The van der Waals surface area contributed by atoms with Gasteiger partial charge in [0.2, 0.25) is 0 Å². The fraction of sp³-hybridized carbons (Fsp3) is 0. The number of rotatable bonds is 2. The van der Waals surface area contributed by atoms with Crippen LogP contribution in [0.3, 0.4) is 0 Å². The van der Waals surface area contributed by atoms with Crippen molar-refractivity contribution in [1.82, 2.24) is 0 Å². The van der Waals surface area contributed by atoms with Crippen LogP contribution >= 0.6 is 0 Å². The predicted molar refractivity (Wildman–Crippen MR) is 67.3 cm³/mol. The molecule has 2 rings (SSSR count). The van der Waals surface area contributed by atoms with Gasteiger partial charge in [-0.25, -0.2) is 0 Å². The third-order valence-electron chi connectivity index (χ3n) is 2.33. The third kappa shape index (κ3) is 4.41. The van der Waals surface area contributed by atoms with Crippen molar-refractivity contribution in [3.05, 3.63) is 47.5 Å². The molecule has 0 spiro atoms. The number of benzene rings is 2. The summed E-state index contributed by atoms with van der Waals surface area (Å²) in [6, 6.07) is 9.62. The summed E-state index contributed by atoms with van der Waals surface area (Å²) < 4.78 is 0. The van der Waals surface area contributed by atoms with Crippen molar-refractivity contribution >= 4 is 12.2 Å². The van der Waals surface area contributed by atoms with E-state index in [0.717, 1.165) is 0 Å². The molecule has 0 amide bonds. The van der Waals surface area contributed by atoms with Gasteiger partial charge in [0, 0.05) is 52.8 Å². The molecule has 19 heavy (non-hydrogen) atoms. The first kappa shape index (κ1) is 15.8. The largest absolute Gasteiger partial charge is 0.534 e. The van der Waals surface area contributed by atoms with Gasteiger partial charge in [-0.3, -0.25) is 0 Å². The van der Waals surface area contributed by atoms with Gasteiger partial charge in [0.15, 0.2) is 11.5 Å². The zero-order valence-corrected chi connectivity index (χ0v) is 13.6. The summed E-state index contributed by atoms with van der Waals surface area (Å²) in [5.74, 6) is -0.688. The number of hydrogen-bond acceptors (Lipinski definition) is 4. The summed E-state index contributed by atoms with van der Waals surface area (Å²) in [7, 11) is 0. The molecule has 2 aromatic carbocycles. The van der Waals surface area contributed by atoms with Crippen molar-refractivity contribution in [2.75, 3.05) is 0 Å². The summed E-state index contributed by atoms with van der Waals surface area (Å²) >= 11 is 0. The van der Waals surface area contributed by atoms with Gasteiger partial charge in [-0.2, -0.15) is 0 Å². The number of phenols is 4. The molecule has 0 heterocycles. The molecule has 0 aromatic heterocycles. The van der Waals surface area contributed by atoms with Crippen LogP contribution in [0.4, 0.5) is 0 Å². The molecular weight excluding hydrogens is 373 g/mol. The van der Waals surface area contributed by atoms with Crippen molar-refractivity contribution < 1.29 is 61.7 Å². The van der Waals surface area contributed by atoms with E-state index in [9.17, 15) is 15.3 Å². The van der Waals surface area contributed by atoms with Crippen LogP contribution in [0.1, 0.15) is 11.1 Å². The van der Waals surface area contributed by atoms with Crippen LogP contribution in [0.2, 0.25) is 0 Å². The van der Waals surface area contributed by atoms with Crippen molar-refractivity contribution in [1.29, 1.82) is 0 Å². The number of phenolic OH excluding ortho intramolecular Hbond substituents is 4. The maximum Gasteiger partial charge on any atom is 0.157 e. The van der Waals surface area contributed by atoms with Crippen LogP contribution in [0.25, 0.3) is 12.2 Å². The Labute approximate surface area is 143 Å². The molecule has 0 bridgehead atoms. The standard InChI is InChI=1S/C14H11O4.Pr/c15-11-5-10(6-12(16)8-11)2-1-9-3-4-13(17)14(18)7-9;/h1-7,15-18H;/q-1;/b2-1+;. The van der Waals surface area contributed by atoms with E-state index in [4.69, 9.17) is 5.11 Å². The Morgan fingerprint density at radius 1 is 0.737 bits per heavy atom. The first-order valence-corrected chi connectivity index (χ1v) is 5.20. The molecule has 2 aromatic rings. The third-order valence-corrected chi connectivity index (χ3v) is 2.33. The second-order valence-corrected chi connectivity index (χ2v) is 3.77. The monoisotopic (exact) mass is 384 g/mol. The summed E-state index contributed by atoms with van der Waals surface area (Å²) in [5, 5.41) is 37.0. The first-order chi connectivity index (χ1) is 8.54. The predicted octanol–water partition coefficient (Wildman–Crippen LogP) is 2.48. The van der Waals surface area contributed by atoms with E-state index < -0.39 is 0 Å². The molecule has 0 aliphatic rings. The van der Waals surface area contributed by atoms with Crippen molar-refractivity contribution in [2.45, 2.75) is 0 Å². The van der Waals surface area contributed by atoms with Gasteiger partial charge >= 0.3 is 0 Å². The first-order valence-electron chi connectivity index (χ1n) is 5.20. The maximum absolute atomic E-state index is 9.32. The quantitative estimate of drug-likeness (QED) is 0.365. The van der Waals surface area contributed by atoms with Crippen LogP contribution in [-0.2, 0) is 0 Å². The van der Waals surface area contributed by atoms with Crippen LogP contribution in [0.5, 0.6) is 23.0 Å². The van der Waals surface area contributed by atoms with Crippen LogP contribution in [0.15, 0.2) is 30.3 Å². The van der Waals surface area contributed by atoms with Gasteiger partial charge in [0.25, 0.3) is 0 Å². The zero-order valence-electron chi connectivity index (χ0n) is 9.91. The maximum atomic E-state index is 9.32. The average molecular weight is 384 g/mol. The molecule has 0 aliphatic carbocycles. The number of hydrogen-bond donors (Lipinski definition) is 4. The van der Waals surface area contributed by atoms with Crippen molar-refractivity contribution in [3.8, 4) is 23.0 Å². The minimum absolute atomic E-state index is 0. The minimum Gasteiger partial charge on any atom is -0.534 e. The Morgan fingerprint density at radius 2 is 1.32 bits per heavy atom. The van der Waals surface area contributed by atoms with Gasteiger partial charge in [0.1, 0.15) is 0 Å². The summed E-state index contributed by atoms with van der Waals surface area (Å²) in [5.41, 5.74) is 1.27. The molecule has 95 valence electrons. The zero-order chi connectivity index (χ0) is 13.1. The summed E-state index contributed by atoms with van der Waals surface area (Å²) in [6.07, 6.45) is 3.33. The van der Waals surface area contributed by atoms with Crippen LogP contribution in [0, 0.1) is 47.4 Å². The SMILES string of the molecule is Oc1[c-]c(O)cc(/C=C/c2ccc(O)c(O)c2)c1.[Pr]. The van der Waals surface area contributed by atoms with E-state index in [1.807, 2.05) is 0 Å². The van der Waals surface area contributed by atoms with E-state index in [1.54, 1.807) is 18.2 Å². The van der Waals surface area contributed by atoms with Crippen LogP contribution in [-0.4, -0.2) is 20.4 Å². The minimum atomic E-state index is -0.204. The van der Waals surface area contributed by atoms with Gasteiger partial charge in [-0.15, -0.1) is 17.7 Å². The molecule has 0 atom stereocenters. The summed E-state index contributed by atoms with van der Waals surface area (Å²) in [6.45, 7) is 0. The second kappa shape index (κ2) is 6.78. The Morgan fingerprint density at radius 3 is 1.89 bits per heavy atom. The Hall–Kier alpha value is -1.26. The Bertz CT molecular complexity index is 588. The molecule has 0 saturated heterocycles. The molecule has 4 nitrogen and oxygen atoms in total. The topological polar surface area (TPSA) is 80.9 Å². The van der Waals surface area contributed by atoms with Crippen molar-refractivity contribution in [3.63, 3.8) is 0 Å². The molecule has 4 N–H and O–H groups in total. The molecule has 5 heteroatoms. The van der Waals surface area contributed by atoms with Crippen LogP contribution < -0.4 is 0 Å². The fourth-order valence-electron chi connectivity index (χ4n) is 1.49. The molecule has 0 fully saturated rings. The molecule has 0 unspecified atom stereocenters. The van der Waals surface area contributed by atoms with E-state index in [0.29, 0.717) is 11.1 Å². The van der Waals surface area contributed by atoms with Gasteiger partial charge in [0.05, 0.1) is 0 Å². The molecular formula is C14H11O4Pr-. The fourth-order valence-corrected chi connectivity index (χ4v) is 1.49. The Kier molecular flexibility index (Phi) is 5.64.